The summed E-state index contributed by atoms with van der Waals surface area (Å²) in [7, 11) is 1.69. The Morgan fingerprint density at radius 2 is 2.05 bits per heavy atom. The summed E-state index contributed by atoms with van der Waals surface area (Å²) in [6.07, 6.45) is 2.17. The maximum Gasteiger partial charge on any atom is 0.329 e. The van der Waals surface area contributed by atoms with Gasteiger partial charge in [-0.1, -0.05) is 12.1 Å². The van der Waals surface area contributed by atoms with Crippen molar-refractivity contribution < 1.29 is 14.7 Å². The Morgan fingerprint density at radius 1 is 1.33 bits per heavy atom. The van der Waals surface area contributed by atoms with Gasteiger partial charge in [-0.3, -0.25) is 4.90 Å². The van der Waals surface area contributed by atoms with Crippen molar-refractivity contribution in [1.29, 1.82) is 0 Å². The zero-order chi connectivity index (χ0) is 15.6. The van der Waals surface area contributed by atoms with Gasteiger partial charge in [0.15, 0.2) is 0 Å². The van der Waals surface area contributed by atoms with Gasteiger partial charge >= 0.3 is 12.0 Å². The first kappa shape index (κ1) is 15.4. The topological polar surface area (TPSA) is 60.9 Å². The Bertz CT molecular complexity index is 558. The summed E-state index contributed by atoms with van der Waals surface area (Å²) >= 11 is 0. The first-order valence-electron chi connectivity index (χ1n) is 7.21. The zero-order valence-corrected chi connectivity index (χ0v) is 12.8. The van der Waals surface area contributed by atoms with Crippen LogP contribution < -0.4 is 4.90 Å². The fourth-order valence-electron chi connectivity index (χ4n) is 2.78. The summed E-state index contributed by atoms with van der Waals surface area (Å²) in [5, 5.41) is 9.50. The summed E-state index contributed by atoms with van der Waals surface area (Å²) in [5.41, 5.74) is 0.720. The van der Waals surface area contributed by atoms with Crippen LogP contribution in [0.3, 0.4) is 0 Å². The molecule has 1 heterocycles. The molecule has 0 aliphatic carbocycles. The lowest BCUT2D eigenvalue weighted by Crippen LogP contribution is -2.60. The Balaban J connectivity index is 2.27. The molecule has 21 heavy (non-hydrogen) atoms. The highest BCUT2D eigenvalue weighted by Crippen LogP contribution is 2.30. The number of hydrogen-bond donors (Lipinski definition) is 1. The van der Waals surface area contributed by atoms with Gasteiger partial charge in [0.05, 0.1) is 0 Å². The van der Waals surface area contributed by atoms with Crippen LogP contribution in [0.15, 0.2) is 24.3 Å². The minimum absolute atomic E-state index is 0.259. The molecule has 1 saturated heterocycles. The predicted octanol–water partition coefficient (Wildman–Crippen LogP) is 2.88. The average Bonchev–Trinajstić information content (AvgIpc) is 2.46. The minimum atomic E-state index is -1.12. The van der Waals surface area contributed by atoms with E-state index in [1.165, 1.54) is 9.80 Å². The van der Waals surface area contributed by atoms with Crippen molar-refractivity contribution in [1.82, 2.24) is 4.90 Å². The fourth-order valence-corrected chi connectivity index (χ4v) is 2.78. The second-order valence-electron chi connectivity index (χ2n) is 5.87. The molecule has 1 aromatic rings. The van der Waals surface area contributed by atoms with Gasteiger partial charge in [0.1, 0.15) is 5.54 Å². The van der Waals surface area contributed by atoms with Gasteiger partial charge in [0.25, 0.3) is 0 Å². The monoisotopic (exact) mass is 290 g/mol. The first-order chi connectivity index (χ1) is 9.86. The van der Waals surface area contributed by atoms with Crippen molar-refractivity contribution in [3.05, 3.63) is 29.8 Å². The summed E-state index contributed by atoms with van der Waals surface area (Å²) < 4.78 is 0. The number of urea groups is 1. The molecule has 2 amide bonds. The molecule has 1 aromatic carbocycles. The van der Waals surface area contributed by atoms with Crippen LogP contribution in [0.5, 0.6) is 0 Å². The molecule has 1 fully saturated rings. The number of hydrogen-bond acceptors (Lipinski definition) is 2. The quantitative estimate of drug-likeness (QED) is 0.911. The smallest absolute Gasteiger partial charge is 0.329 e. The number of aliphatic carboxylic acids is 1. The molecule has 1 aliphatic heterocycles. The van der Waals surface area contributed by atoms with Crippen LogP contribution in [0.1, 0.15) is 31.7 Å². The lowest BCUT2D eigenvalue weighted by atomic mass is 9.89. The van der Waals surface area contributed by atoms with Crippen LogP contribution in [0, 0.1) is 6.92 Å². The van der Waals surface area contributed by atoms with Crippen LogP contribution in [-0.2, 0) is 4.79 Å². The van der Waals surface area contributed by atoms with Crippen molar-refractivity contribution >= 4 is 17.7 Å². The van der Waals surface area contributed by atoms with E-state index in [9.17, 15) is 14.7 Å². The van der Waals surface area contributed by atoms with Gasteiger partial charge in [0.2, 0.25) is 0 Å². The molecule has 2 rings (SSSR count). The summed E-state index contributed by atoms with van der Waals surface area (Å²) in [5.74, 6) is -0.937. The molecular weight excluding hydrogens is 268 g/mol. The highest BCUT2D eigenvalue weighted by atomic mass is 16.4. The molecule has 1 atom stereocenters. The molecule has 0 bridgehead atoms. The number of rotatable bonds is 2. The number of carboxylic acid groups (broad SMARTS) is 1. The van der Waals surface area contributed by atoms with E-state index >= 15 is 0 Å². The van der Waals surface area contributed by atoms with Crippen molar-refractivity contribution in [2.45, 2.75) is 38.6 Å². The summed E-state index contributed by atoms with van der Waals surface area (Å²) in [6, 6.07) is 7.36. The van der Waals surface area contributed by atoms with Gasteiger partial charge in [-0.25, -0.2) is 9.59 Å². The van der Waals surface area contributed by atoms with Crippen LogP contribution in [-0.4, -0.2) is 41.1 Å². The lowest BCUT2D eigenvalue weighted by Gasteiger charge is -2.43. The Morgan fingerprint density at radius 3 is 2.67 bits per heavy atom. The van der Waals surface area contributed by atoms with E-state index in [-0.39, 0.29) is 6.03 Å². The maximum atomic E-state index is 12.7. The number of piperidine rings is 1. The third-order valence-electron chi connectivity index (χ3n) is 4.26. The van der Waals surface area contributed by atoms with Gasteiger partial charge in [0, 0.05) is 19.3 Å². The molecular formula is C16H22N2O3. The second kappa shape index (κ2) is 5.76. The average molecular weight is 290 g/mol. The number of amides is 2. The van der Waals surface area contributed by atoms with E-state index in [0.717, 1.165) is 24.1 Å². The molecule has 0 spiro atoms. The maximum absolute atomic E-state index is 12.7. The second-order valence-corrected chi connectivity index (χ2v) is 5.87. The largest absolute Gasteiger partial charge is 0.480 e. The van der Waals surface area contributed by atoms with E-state index in [1.54, 1.807) is 14.0 Å². The van der Waals surface area contributed by atoms with Crippen LogP contribution in [0.4, 0.5) is 10.5 Å². The third-order valence-corrected chi connectivity index (χ3v) is 4.26. The van der Waals surface area contributed by atoms with Crippen LogP contribution in [0.25, 0.3) is 0 Å². The molecule has 1 aliphatic rings. The molecule has 5 nitrogen and oxygen atoms in total. The van der Waals surface area contributed by atoms with Crippen LogP contribution >= 0.6 is 0 Å². The summed E-state index contributed by atoms with van der Waals surface area (Å²) in [4.78, 5) is 27.3. The molecule has 114 valence electrons. The van der Waals surface area contributed by atoms with Gasteiger partial charge in [-0.2, -0.15) is 0 Å². The SMILES string of the molecule is Cc1cccc(N(C)C(=O)N2CCCCC2(C)C(=O)O)c1. The third kappa shape index (κ3) is 2.86. The van der Waals surface area contributed by atoms with E-state index in [1.807, 2.05) is 31.2 Å². The number of carbonyl (C=O) groups excluding carboxylic acids is 1. The fraction of sp³-hybridized carbons (Fsp3) is 0.500. The van der Waals surface area contributed by atoms with Gasteiger partial charge < -0.3 is 10.0 Å². The first-order valence-corrected chi connectivity index (χ1v) is 7.21. The summed E-state index contributed by atoms with van der Waals surface area (Å²) in [6.45, 7) is 4.08. The van der Waals surface area contributed by atoms with E-state index in [2.05, 4.69) is 0 Å². The number of aryl methyl sites for hydroxylation is 1. The van der Waals surface area contributed by atoms with E-state index in [0.29, 0.717) is 13.0 Å². The molecule has 1 unspecified atom stereocenters. The van der Waals surface area contributed by atoms with Crippen LogP contribution in [0.2, 0.25) is 0 Å². The Kier molecular flexibility index (Phi) is 4.21. The van der Waals surface area contributed by atoms with Crippen molar-refractivity contribution in [3.63, 3.8) is 0 Å². The number of nitrogens with zero attached hydrogens (tertiary/aromatic N) is 2. The van der Waals surface area contributed by atoms with E-state index < -0.39 is 11.5 Å². The highest BCUT2D eigenvalue weighted by molar-refractivity contribution is 5.95. The highest BCUT2D eigenvalue weighted by Gasteiger charge is 2.44. The number of likely N-dealkylation sites (tertiary alicyclic amines) is 1. The van der Waals surface area contributed by atoms with E-state index in [4.69, 9.17) is 0 Å². The zero-order valence-electron chi connectivity index (χ0n) is 12.8. The molecule has 0 aromatic heterocycles. The van der Waals surface area contributed by atoms with Gasteiger partial charge in [-0.15, -0.1) is 0 Å². The number of anilines is 1. The van der Waals surface area contributed by atoms with Crippen molar-refractivity contribution in [3.8, 4) is 0 Å². The van der Waals surface area contributed by atoms with Crippen molar-refractivity contribution in [2.24, 2.45) is 0 Å². The normalized spacial score (nSPS) is 22.0. The van der Waals surface area contributed by atoms with Gasteiger partial charge in [-0.05, 0) is 50.8 Å². The molecule has 1 N–H and O–H groups in total. The number of benzene rings is 1. The molecule has 0 radical (unpaired) electrons. The standard InChI is InChI=1S/C16H22N2O3/c1-12-7-6-8-13(11-12)17(3)15(21)18-10-5-4-9-16(18,2)14(19)20/h6-8,11H,4-5,9-10H2,1-3H3,(H,19,20). The number of carbonyl (C=O) groups is 2. The Hall–Kier alpha value is -2.04. The Labute approximate surface area is 125 Å². The minimum Gasteiger partial charge on any atom is -0.480 e. The lowest BCUT2D eigenvalue weighted by molar-refractivity contribution is -0.150. The molecule has 5 heteroatoms. The predicted molar refractivity (Wildman–Crippen MR) is 81.6 cm³/mol. The van der Waals surface area contributed by atoms with Crippen molar-refractivity contribution in [2.75, 3.05) is 18.5 Å². The molecule has 0 saturated carbocycles. The number of carboxylic acids is 1.